The standard InChI is InChI=1S/C13H19NO4/c1-13(2,3)18-14(10-16)17-12-7-5-4-6-11(12)8-9-15/h4-7,10,15H,8-9H2,1-3H3. The zero-order chi connectivity index (χ0) is 13.6. The SMILES string of the molecule is CC(C)(C)ON(C=O)Oc1ccccc1CCO. The predicted octanol–water partition coefficient (Wildman–Crippen LogP) is 1.70. The molecule has 5 heteroatoms. The topological polar surface area (TPSA) is 59.0 Å². The van der Waals surface area contributed by atoms with Gasteiger partial charge in [0, 0.05) is 6.61 Å². The molecule has 0 saturated heterocycles. The predicted molar refractivity (Wildman–Crippen MR) is 66.6 cm³/mol. The molecule has 1 aromatic rings. The number of benzene rings is 1. The van der Waals surface area contributed by atoms with Crippen molar-refractivity contribution < 1.29 is 19.6 Å². The van der Waals surface area contributed by atoms with Gasteiger partial charge in [-0.3, -0.25) is 4.79 Å². The van der Waals surface area contributed by atoms with E-state index in [2.05, 4.69) is 0 Å². The molecule has 100 valence electrons. The Morgan fingerprint density at radius 1 is 1.33 bits per heavy atom. The largest absolute Gasteiger partial charge is 0.396 e. The van der Waals surface area contributed by atoms with Crippen LogP contribution in [0, 0.1) is 0 Å². The Morgan fingerprint density at radius 2 is 2.00 bits per heavy atom. The molecule has 1 N–H and O–H groups in total. The van der Waals surface area contributed by atoms with E-state index in [9.17, 15) is 4.79 Å². The average Bonchev–Trinajstić information content (AvgIpc) is 2.29. The molecule has 0 heterocycles. The number of nitrogens with zero attached hydrogens (tertiary/aromatic N) is 1. The molecule has 0 aliphatic rings. The summed E-state index contributed by atoms with van der Waals surface area (Å²) in [5.74, 6) is 0.489. The Morgan fingerprint density at radius 3 is 2.56 bits per heavy atom. The summed E-state index contributed by atoms with van der Waals surface area (Å²) < 4.78 is 0. The zero-order valence-electron chi connectivity index (χ0n) is 10.9. The number of hydroxylamine groups is 2. The normalized spacial score (nSPS) is 11.1. The first-order valence-electron chi connectivity index (χ1n) is 5.76. The molecule has 0 saturated carbocycles. The second-order valence-electron chi connectivity index (χ2n) is 4.77. The minimum atomic E-state index is -0.535. The van der Waals surface area contributed by atoms with Crippen molar-refractivity contribution in [2.24, 2.45) is 0 Å². The van der Waals surface area contributed by atoms with Crippen LogP contribution in [0.5, 0.6) is 5.75 Å². The molecule has 0 aliphatic carbocycles. The van der Waals surface area contributed by atoms with Crippen LogP contribution < -0.4 is 4.84 Å². The second kappa shape index (κ2) is 6.37. The first-order valence-corrected chi connectivity index (χ1v) is 5.76. The van der Waals surface area contributed by atoms with Crippen LogP contribution in [0.1, 0.15) is 26.3 Å². The Labute approximate surface area is 107 Å². The second-order valence-corrected chi connectivity index (χ2v) is 4.77. The van der Waals surface area contributed by atoms with Crippen LogP contribution in [-0.4, -0.2) is 29.0 Å². The van der Waals surface area contributed by atoms with Crippen LogP contribution in [0.15, 0.2) is 24.3 Å². The Balaban J connectivity index is 2.78. The quantitative estimate of drug-likeness (QED) is 0.619. The van der Waals surface area contributed by atoms with E-state index in [0.29, 0.717) is 18.6 Å². The highest BCUT2D eigenvalue weighted by atomic mass is 17.0. The van der Waals surface area contributed by atoms with Crippen LogP contribution in [0.4, 0.5) is 0 Å². The van der Waals surface area contributed by atoms with Gasteiger partial charge >= 0.3 is 0 Å². The van der Waals surface area contributed by atoms with Gasteiger partial charge in [-0.05, 0) is 44.0 Å². The van der Waals surface area contributed by atoms with E-state index >= 15 is 0 Å². The summed E-state index contributed by atoms with van der Waals surface area (Å²) >= 11 is 0. The van der Waals surface area contributed by atoms with Crippen molar-refractivity contribution in [3.63, 3.8) is 0 Å². The van der Waals surface area contributed by atoms with E-state index in [1.54, 1.807) is 12.1 Å². The number of aliphatic hydroxyl groups excluding tert-OH is 1. The maximum absolute atomic E-state index is 10.9. The van der Waals surface area contributed by atoms with Gasteiger partial charge in [-0.2, -0.15) is 0 Å². The van der Waals surface area contributed by atoms with Crippen LogP contribution >= 0.6 is 0 Å². The third kappa shape index (κ3) is 4.73. The summed E-state index contributed by atoms with van der Waals surface area (Å²) in [7, 11) is 0. The highest BCUT2D eigenvalue weighted by Gasteiger charge is 2.18. The fraction of sp³-hybridized carbons (Fsp3) is 0.462. The van der Waals surface area contributed by atoms with Gasteiger partial charge in [0.1, 0.15) is 0 Å². The fourth-order valence-corrected chi connectivity index (χ4v) is 1.35. The van der Waals surface area contributed by atoms with E-state index in [1.165, 1.54) is 0 Å². The minimum absolute atomic E-state index is 0.0155. The van der Waals surface area contributed by atoms with Crippen molar-refractivity contribution in [2.75, 3.05) is 6.61 Å². The number of amides is 1. The molecule has 0 spiro atoms. The number of hydrogen-bond donors (Lipinski definition) is 1. The number of rotatable bonds is 6. The Bertz CT molecular complexity index is 387. The van der Waals surface area contributed by atoms with Crippen LogP contribution in [0.25, 0.3) is 0 Å². The van der Waals surface area contributed by atoms with Crippen LogP contribution in [-0.2, 0) is 16.1 Å². The van der Waals surface area contributed by atoms with E-state index < -0.39 is 5.60 Å². The molecular formula is C13H19NO4. The molecule has 0 aromatic heterocycles. The van der Waals surface area contributed by atoms with Crippen molar-refractivity contribution in [2.45, 2.75) is 32.8 Å². The molecule has 0 atom stereocenters. The maximum atomic E-state index is 10.9. The number of aliphatic hydroxyl groups is 1. The van der Waals surface area contributed by atoms with Gasteiger partial charge < -0.3 is 9.94 Å². The molecule has 18 heavy (non-hydrogen) atoms. The van der Waals surface area contributed by atoms with Gasteiger partial charge in [-0.25, -0.2) is 4.84 Å². The lowest BCUT2D eigenvalue weighted by Gasteiger charge is -2.26. The van der Waals surface area contributed by atoms with E-state index in [-0.39, 0.29) is 6.61 Å². The van der Waals surface area contributed by atoms with Crippen LogP contribution in [0.3, 0.4) is 0 Å². The Kier molecular flexibility index (Phi) is 5.12. The van der Waals surface area contributed by atoms with Crippen molar-refractivity contribution in [1.29, 1.82) is 0 Å². The first-order chi connectivity index (χ1) is 8.46. The van der Waals surface area contributed by atoms with E-state index in [0.717, 1.165) is 10.8 Å². The van der Waals surface area contributed by atoms with E-state index in [4.69, 9.17) is 14.8 Å². The average molecular weight is 253 g/mol. The van der Waals surface area contributed by atoms with E-state index in [1.807, 2.05) is 32.9 Å². The highest BCUT2D eigenvalue weighted by molar-refractivity contribution is 5.44. The third-order valence-electron chi connectivity index (χ3n) is 1.99. The molecule has 0 fully saturated rings. The number of carbonyl (C=O) groups excluding carboxylic acids is 1. The zero-order valence-corrected chi connectivity index (χ0v) is 10.9. The molecule has 0 radical (unpaired) electrons. The summed E-state index contributed by atoms with van der Waals surface area (Å²) in [4.78, 5) is 21.5. The molecule has 0 unspecified atom stereocenters. The van der Waals surface area contributed by atoms with Crippen molar-refractivity contribution in [3.8, 4) is 5.75 Å². The summed E-state index contributed by atoms with van der Waals surface area (Å²) in [5, 5.41) is 9.74. The summed E-state index contributed by atoms with van der Waals surface area (Å²) in [6, 6.07) is 7.17. The van der Waals surface area contributed by atoms with Gasteiger partial charge in [-0.15, -0.1) is 0 Å². The number of carbonyl (C=O) groups is 1. The monoisotopic (exact) mass is 253 g/mol. The molecule has 0 bridgehead atoms. The summed E-state index contributed by atoms with van der Waals surface area (Å²) in [6.45, 7) is 5.45. The van der Waals surface area contributed by atoms with Gasteiger partial charge in [0.25, 0.3) is 6.41 Å². The molecule has 5 nitrogen and oxygen atoms in total. The number of hydrogen-bond acceptors (Lipinski definition) is 4. The smallest absolute Gasteiger partial charge is 0.272 e. The number of para-hydroxylation sites is 1. The first kappa shape index (κ1) is 14.5. The summed E-state index contributed by atoms with van der Waals surface area (Å²) in [6.07, 6.45) is 0.916. The lowest BCUT2D eigenvalue weighted by molar-refractivity contribution is -0.325. The van der Waals surface area contributed by atoms with Gasteiger partial charge in [0.05, 0.1) is 5.60 Å². The molecule has 1 aromatic carbocycles. The third-order valence-corrected chi connectivity index (χ3v) is 1.99. The molecular weight excluding hydrogens is 234 g/mol. The van der Waals surface area contributed by atoms with Gasteiger partial charge in [0.2, 0.25) is 0 Å². The maximum Gasteiger partial charge on any atom is 0.272 e. The highest BCUT2D eigenvalue weighted by Crippen LogP contribution is 2.20. The van der Waals surface area contributed by atoms with Crippen molar-refractivity contribution in [1.82, 2.24) is 5.23 Å². The van der Waals surface area contributed by atoms with Crippen molar-refractivity contribution in [3.05, 3.63) is 29.8 Å². The minimum Gasteiger partial charge on any atom is -0.396 e. The van der Waals surface area contributed by atoms with Crippen LogP contribution in [0.2, 0.25) is 0 Å². The molecule has 1 amide bonds. The Hall–Kier alpha value is -1.59. The lowest BCUT2D eigenvalue weighted by Crippen LogP contribution is -2.35. The molecule has 1 rings (SSSR count). The molecule has 0 aliphatic heterocycles. The van der Waals surface area contributed by atoms with Crippen molar-refractivity contribution >= 4 is 6.41 Å². The summed E-state index contributed by atoms with van der Waals surface area (Å²) in [5.41, 5.74) is 0.275. The lowest BCUT2D eigenvalue weighted by atomic mass is 10.1. The van der Waals surface area contributed by atoms with Gasteiger partial charge in [-0.1, -0.05) is 18.2 Å². The fourth-order valence-electron chi connectivity index (χ4n) is 1.35. The van der Waals surface area contributed by atoms with Gasteiger partial charge in [0.15, 0.2) is 5.75 Å².